The minimum absolute atomic E-state index is 0.173. The molecule has 0 aromatic heterocycles. The predicted molar refractivity (Wildman–Crippen MR) is 252 cm³/mol. The van der Waals surface area contributed by atoms with Gasteiger partial charge in [0.25, 0.3) is 10.1 Å². The fourth-order valence-corrected chi connectivity index (χ4v) is 9.08. The molecule has 13 heteroatoms. The van der Waals surface area contributed by atoms with Gasteiger partial charge in [0.2, 0.25) is 0 Å². The van der Waals surface area contributed by atoms with Crippen LogP contribution in [0.3, 0.4) is 0 Å². The maximum Gasteiger partial charge on any atom is 0.306 e. The fraction of sp³-hybridized carbons (Fsp3) is 0.960. The molecule has 0 aliphatic carbocycles. The van der Waals surface area contributed by atoms with Crippen LogP contribution in [0, 0.1) is 0 Å². The minimum atomic E-state index is -4.60. The zero-order valence-electron chi connectivity index (χ0n) is 40.2. The Bertz CT molecular complexity index is 1170. The molecule has 0 aromatic rings. The molecule has 0 aromatic carbocycles. The molecule has 4 N–H and O–H groups in total. The molecule has 374 valence electrons. The van der Waals surface area contributed by atoms with Crippen LogP contribution in [0.5, 0.6) is 0 Å². The third kappa shape index (κ3) is 35.5. The van der Waals surface area contributed by atoms with E-state index < -0.39 is 71.2 Å². The van der Waals surface area contributed by atoms with Crippen LogP contribution in [0.1, 0.15) is 251 Å². The number of hydrogen-bond donors (Lipinski definition) is 4. The maximum absolute atomic E-state index is 12.9. The van der Waals surface area contributed by atoms with E-state index in [2.05, 4.69) is 13.8 Å². The van der Waals surface area contributed by atoms with Crippen LogP contribution in [-0.4, -0.2) is 96.0 Å². The molecule has 1 saturated heterocycles. The molecule has 1 fully saturated rings. The second-order valence-electron chi connectivity index (χ2n) is 18.6. The van der Waals surface area contributed by atoms with Crippen LogP contribution in [-0.2, 0) is 38.7 Å². The van der Waals surface area contributed by atoms with E-state index in [1.54, 1.807) is 0 Å². The highest BCUT2D eigenvalue weighted by Gasteiger charge is 2.46. The van der Waals surface area contributed by atoms with Gasteiger partial charge < -0.3 is 34.3 Å². The minimum Gasteiger partial charge on any atom is -0.462 e. The summed E-state index contributed by atoms with van der Waals surface area (Å²) in [5, 5.41) is 31.0. The number of carbonyl (C=O) groups excluding carboxylic acids is 2. The summed E-state index contributed by atoms with van der Waals surface area (Å²) in [6, 6.07) is 0. The van der Waals surface area contributed by atoms with Crippen LogP contribution in [0.15, 0.2) is 0 Å². The van der Waals surface area contributed by atoms with E-state index in [0.717, 1.165) is 38.5 Å². The zero-order chi connectivity index (χ0) is 46.2. The number of rotatable bonds is 45. The molecular formula is C50H96O12S. The summed E-state index contributed by atoms with van der Waals surface area (Å²) in [4.78, 5) is 25.5. The normalized spacial score (nSPS) is 19.6. The summed E-state index contributed by atoms with van der Waals surface area (Å²) in [5.41, 5.74) is 0. The van der Waals surface area contributed by atoms with Crippen molar-refractivity contribution in [2.75, 3.05) is 19.0 Å². The van der Waals surface area contributed by atoms with Crippen molar-refractivity contribution in [1.82, 2.24) is 0 Å². The van der Waals surface area contributed by atoms with E-state index in [4.69, 9.17) is 18.9 Å². The Labute approximate surface area is 384 Å². The summed E-state index contributed by atoms with van der Waals surface area (Å²) in [6.45, 7) is 3.81. The van der Waals surface area contributed by atoms with E-state index >= 15 is 0 Å². The highest BCUT2D eigenvalue weighted by atomic mass is 32.2. The predicted octanol–water partition coefficient (Wildman–Crippen LogP) is 11.6. The monoisotopic (exact) mass is 921 g/mol. The molecule has 1 aliphatic rings. The Morgan fingerprint density at radius 1 is 0.476 bits per heavy atom. The molecule has 0 spiro atoms. The van der Waals surface area contributed by atoms with Gasteiger partial charge in [-0.2, -0.15) is 8.42 Å². The van der Waals surface area contributed by atoms with Crippen molar-refractivity contribution in [3.63, 3.8) is 0 Å². The molecule has 0 bridgehead atoms. The average Bonchev–Trinajstić information content (AvgIpc) is 3.25. The Hall–Kier alpha value is -1.35. The number of carbonyl (C=O) groups is 2. The van der Waals surface area contributed by atoms with Gasteiger partial charge >= 0.3 is 11.9 Å². The molecule has 0 saturated carbocycles. The SMILES string of the molecule is CCCCCCCCCCCCCCCCCCCCCC(=O)OC(COC(=O)CCCCCCCCCCCCCCCCCC)COC1OC(CS(=O)(=O)O)C(O)C(O)C1O. The lowest BCUT2D eigenvalue weighted by molar-refractivity contribution is -0.297. The Morgan fingerprint density at radius 2 is 0.810 bits per heavy atom. The highest BCUT2D eigenvalue weighted by Crippen LogP contribution is 2.24. The molecule has 1 rings (SSSR count). The van der Waals surface area contributed by atoms with Gasteiger partial charge in [-0.05, 0) is 12.8 Å². The first kappa shape index (κ1) is 59.7. The molecule has 6 atom stereocenters. The third-order valence-electron chi connectivity index (χ3n) is 12.4. The quantitative estimate of drug-likeness (QED) is 0.0258. The van der Waals surface area contributed by atoms with Crippen LogP contribution in [0.4, 0.5) is 0 Å². The van der Waals surface area contributed by atoms with Gasteiger partial charge in [0.05, 0.1) is 6.61 Å². The van der Waals surface area contributed by atoms with Crippen LogP contribution >= 0.6 is 0 Å². The van der Waals surface area contributed by atoms with Crippen LogP contribution in [0.25, 0.3) is 0 Å². The van der Waals surface area contributed by atoms with E-state index in [1.807, 2.05) is 0 Å². The number of hydrogen-bond acceptors (Lipinski definition) is 11. The van der Waals surface area contributed by atoms with Crippen molar-refractivity contribution in [3.8, 4) is 0 Å². The van der Waals surface area contributed by atoms with Crippen molar-refractivity contribution in [1.29, 1.82) is 0 Å². The first-order valence-corrected chi connectivity index (χ1v) is 27.7. The number of unbranched alkanes of at least 4 members (excludes halogenated alkanes) is 33. The third-order valence-corrected chi connectivity index (χ3v) is 13.2. The van der Waals surface area contributed by atoms with Crippen molar-refractivity contribution in [2.24, 2.45) is 0 Å². The molecule has 1 heterocycles. The van der Waals surface area contributed by atoms with Gasteiger partial charge in [0, 0.05) is 12.8 Å². The summed E-state index contributed by atoms with van der Waals surface area (Å²) >= 11 is 0. The summed E-state index contributed by atoms with van der Waals surface area (Å²) in [6.07, 6.45) is 34.3. The second kappa shape index (κ2) is 40.9. The molecule has 0 radical (unpaired) electrons. The highest BCUT2D eigenvalue weighted by molar-refractivity contribution is 7.85. The lowest BCUT2D eigenvalue weighted by atomic mass is 10.00. The van der Waals surface area contributed by atoms with Gasteiger partial charge in [0.1, 0.15) is 36.8 Å². The van der Waals surface area contributed by atoms with Crippen molar-refractivity contribution < 1.29 is 56.8 Å². The van der Waals surface area contributed by atoms with E-state index in [9.17, 15) is 37.9 Å². The maximum atomic E-state index is 12.9. The molecule has 0 amide bonds. The van der Waals surface area contributed by atoms with Crippen molar-refractivity contribution in [2.45, 2.75) is 288 Å². The average molecular weight is 921 g/mol. The number of aliphatic hydroxyl groups is 3. The first-order valence-electron chi connectivity index (χ1n) is 26.1. The number of aliphatic hydroxyl groups excluding tert-OH is 3. The van der Waals surface area contributed by atoms with Crippen molar-refractivity contribution >= 4 is 22.1 Å². The Kier molecular flexibility index (Phi) is 38.7. The van der Waals surface area contributed by atoms with Gasteiger partial charge in [-0.25, -0.2) is 0 Å². The summed E-state index contributed by atoms with van der Waals surface area (Å²) in [7, 11) is -4.60. The summed E-state index contributed by atoms with van der Waals surface area (Å²) < 4.78 is 54.3. The molecule has 63 heavy (non-hydrogen) atoms. The molecule has 12 nitrogen and oxygen atoms in total. The largest absolute Gasteiger partial charge is 0.462 e. The van der Waals surface area contributed by atoms with Gasteiger partial charge in [-0.15, -0.1) is 0 Å². The lowest BCUT2D eigenvalue weighted by Gasteiger charge is -2.40. The van der Waals surface area contributed by atoms with Gasteiger partial charge in [-0.1, -0.05) is 226 Å². The first-order chi connectivity index (χ1) is 30.5. The van der Waals surface area contributed by atoms with E-state index in [1.165, 1.54) is 173 Å². The number of ether oxygens (including phenoxy) is 4. The Morgan fingerprint density at radius 3 is 1.16 bits per heavy atom. The van der Waals surface area contributed by atoms with Crippen LogP contribution in [0.2, 0.25) is 0 Å². The molecule has 6 unspecified atom stereocenters. The van der Waals surface area contributed by atoms with E-state index in [0.29, 0.717) is 12.8 Å². The Balaban J connectivity index is 2.35. The zero-order valence-corrected chi connectivity index (χ0v) is 41.0. The lowest BCUT2D eigenvalue weighted by Crippen LogP contribution is -2.60. The van der Waals surface area contributed by atoms with Gasteiger partial charge in [0.15, 0.2) is 12.4 Å². The number of esters is 2. The second-order valence-corrected chi connectivity index (χ2v) is 20.1. The molecular weight excluding hydrogens is 825 g/mol. The van der Waals surface area contributed by atoms with E-state index in [-0.39, 0.29) is 19.4 Å². The van der Waals surface area contributed by atoms with Gasteiger partial charge in [-0.3, -0.25) is 14.1 Å². The fourth-order valence-electron chi connectivity index (χ4n) is 8.39. The van der Waals surface area contributed by atoms with Crippen molar-refractivity contribution in [3.05, 3.63) is 0 Å². The standard InChI is InChI=1S/C50H96O12S/c1-3-5-7-9-11-13-15-17-19-21-22-23-25-27-29-31-33-35-37-39-46(52)61-43(41-60-50-49(55)48(54)47(53)44(62-50)42-63(56,57)58)40-59-45(51)38-36-34-32-30-28-26-24-20-18-16-14-12-10-8-6-4-2/h43-44,47-50,53-55H,3-42H2,1-2H3,(H,56,57,58). The smallest absolute Gasteiger partial charge is 0.306 e. The molecule has 1 aliphatic heterocycles. The topological polar surface area (TPSA) is 186 Å². The van der Waals surface area contributed by atoms with Crippen LogP contribution < -0.4 is 0 Å². The summed E-state index contributed by atoms with van der Waals surface area (Å²) in [5.74, 6) is -1.96.